The van der Waals surface area contributed by atoms with Crippen LogP contribution in [0, 0.1) is 6.92 Å². The van der Waals surface area contributed by atoms with Crippen molar-refractivity contribution in [3.8, 4) is 11.1 Å². The van der Waals surface area contributed by atoms with Gasteiger partial charge in [0.2, 0.25) is 5.91 Å². The Balaban J connectivity index is 1.53. The molecule has 0 spiro atoms. The Kier molecular flexibility index (Phi) is 6.26. The fourth-order valence-corrected chi connectivity index (χ4v) is 5.20. The van der Waals surface area contributed by atoms with Gasteiger partial charge in [-0.25, -0.2) is 9.97 Å². The van der Waals surface area contributed by atoms with E-state index >= 15 is 0 Å². The summed E-state index contributed by atoms with van der Waals surface area (Å²) in [6.45, 7) is 2.06. The maximum Gasteiger partial charge on any atom is 0.257 e. The molecule has 4 aromatic rings. The van der Waals surface area contributed by atoms with Gasteiger partial charge in [-0.3, -0.25) is 14.9 Å². The van der Waals surface area contributed by atoms with Gasteiger partial charge in [-0.15, -0.1) is 11.3 Å². The number of imide groups is 1. The number of halogens is 1. The topological polar surface area (TPSA) is 72.0 Å². The number of thiophene rings is 1. The molecule has 1 N–H and O–H groups in total. The first kappa shape index (κ1) is 20.7. The number of carbonyl (C=O) groups excluding carboxylic acids is 2. The van der Waals surface area contributed by atoms with Gasteiger partial charge in [0.05, 0.1) is 11.1 Å². The third kappa shape index (κ3) is 4.45. The molecule has 0 saturated heterocycles. The highest BCUT2D eigenvalue weighted by Crippen LogP contribution is 2.41. The molecular weight excluding hydrogens is 482 g/mol. The second-order valence-corrected chi connectivity index (χ2v) is 9.51. The Hall–Kier alpha value is -2.55. The lowest BCUT2D eigenvalue weighted by atomic mass is 10.0. The molecule has 0 aliphatic heterocycles. The number of hydrogen-bond donors (Lipinski definition) is 1. The van der Waals surface area contributed by atoms with Crippen LogP contribution < -0.4 is 5.32 Å². The fourth-order valence-electron chi connectivity index (χ4n) is 3.05. The smallest absolute Gasteiger partial charge is 0.257 e. The van der Waals surface area contributed by atoms with Crippen molar-refractivity contribution in [2.75, 3.05) is 5.75 Å². The maximum absolute atomic E-state index is 12.4. The van der Waals surface area contributed by atoms with Crippen LogP contribution in [0.5, 0.6) is 0 Å². The van der Waals surface area contributed by atoms with Crippen LogP contribution in [0.3, 0.4) is 0 Å². The minimum absolute atomic E-state index is 0.0809. The van der Waals surface area contributed by atoms with Gasteiger partial charge in [-0.2, -0.15) is 0 Å². The van der Waals surface area contributed by atoms with Gasteiger partial charge >= 0.3 is 0 Å². The van der Waals surface area contributed by atoms with E-state index < -0.39 is 5.91 Å². The van der Waals surface area contributed by atoms with Crippen LogP contribution in [0.15, 0.2) is 70.4 Å². The maximum atomic E-state index is 12.4. The first-order valence-electron chi connectivity index (χ1n) is 9.05. The molecule has 30 heavy (non-hydrogen) atoms. The van der Waals surface area contributed by atoms with E-state index in [1.54, 1.807) is 35.6 Å². The number of carbonyl (C=O) groups is 2. The molecule has 2 aromatic heterocycles. The number of fused-ring (bicyclic) bond motifs is 1. The zero-order valence-corrected chi connectivity index (χ0v) is 19.1. The normalized spacial score (nSPS) is 10.9. The molecule has 0 unspecified atom stereocenters. The lowest BCUT2D eigenvalue weighted by Crippen LogP contribution is -2.31. The van der Waals surface area contributed by atoms with E-state index in [-0.39, 0.29) is 11.7 Å². The lowest BCUT2D eigenvalue weighted by molar-refractivity contribution is -0.117. The molecule has 150 valence electrons. The van der Waals surface area contributed by atoms with Gasteiger partial charge in [-0.1, -0.05) is 58.0 Å². The van der Waals surface area contributed by atoms with Crippen molar-refractivity contribution >= 4 is 61.1 Å². The van der Waals surface area contributed by atoms with Crippen molar-refractivity contribution in [1.29, 1.82) is 0 Å². The second kappa shape index (κ2) is 9.07. The van der Waals surface area contributed by atoms with Gasteiger partial charge in [0, 0.05) is 20.5 Å². The molecule has 0 atom stereocenters. The summed E-state index contributed by atoms with van der Waals surface area (Å²) in [7, 11) is 0. The number of nitrogens with zero attached hydrogens (tertiary/aromatic N) is 2. The molecule has 5 nitrogen and oxygen atoms in total. The molecule has 0 aliphatic carbocycles. The van der Waals surface area contributed by atoms with E-state index in [4.69, 9.17) is 0 Å². The summed E-state index contributed by atoms with van der Waals surface area (Å²) in [6, 6.07) is 16.9. The van der Waals surface area contributed by atoms with E-state index in [0.29, 0.717) is 5.56 Å². The van der Waals surface area contributed by atoms with Gasteiger partial charge in [0.15, 0.2) is 0 Å². The molecule has 4 rings (SSSR count). The fraction of sp³-hybridized carbons (Fsp3) is 0.0909. The Bertz CT molecular complexity index is 1220. The van der Waals surface area contributed by atoms with Gasteiger partial charge in [0.1, 0.15) is 16.2 Å². The lowest BCUT2D eigenvalue weighted by Gasteiger charge is -2.07. The summed E-state index contributed by atoms with van der Waals surface area (Å²) in [5.41, 5.74) is 2.61. The van der Waals surface area contributed by atoms with Crippen LogP contribution in [-0.4, -0.2) is 27.5 Å². The van der Waals surface area contributed by atoms with Gasteiger partial charge < -0.3 is 0 Å². The predicted octanol–water partition coefficient (Wildman–Crippen LogP) is 5.48. The summed E-state index contributed by atoms with van der Waals surface area (Å²) >= 11 is 6.24. The Morgan fingerprint density at radius 1 is 1.07 bits per heavy atom. The number of nitrogens with one attached hydrogen (secondary N) is 1. The highest BCUT2D eigenvalue weighted by atomic mass is 79.9. The zero-order chi connectivity index (χ0) is 21.1. The molecule has 0 saturated carbocycles. The van der Waals surface area contributed by atoms with Crippen LogP contribution in [0.2, 0.25) is 0 Å². The largest absolute Gasteiger partial charge is 0.292 e. The first-order valence-corrected chi connectivity index (χ1v) is 11.6. The molecule has 0 radical (unpaired) electrons. The SMILES string of the molecule is Cc1sc2ncnc(SCC(=O)NC(=O)c3ccc(Br)cc3)c2c1-c1ccccc1. The van der Waals surface area contributed by atoms with Crippen LogP contribution in [0.25, 0.3) is 21.3 Å². The number of thioether (sulfide) groups is 1. The van der Waals surface area contributed by atoms with Gasteiger partial charge in [-0.05, 0) is 36.8 Å². The van der Waals surface area contributed by atoms with E-state index in [9.17, 15) is 9.59 Å². The van der Waals surface area contributed by atoms with Crippen LogP contribution in [-0.2, 0) is 4.79 Å². The van der Waals surface area contributed by atoms with Crippen molar-refractivity contribution in [2.24, 2.45) is 0 Å². The molecule has 2 amide bonds. The summed E-state index contributed by atoms with van der Waals surface area (Å²) in [5.74, 6) is -0.706. The second-order valence-electron chi connectivity index (χ2n) is 6.43. The first-order chi connectivity index (χ1) is 14.5. The Labute approximate surface area is 190 Å². The third-order valence-electron chi connectivity index (χ3n) is 4.39. The summed E-state index contributed by atoms with van der Waals surface area (Å²) < 4.78 is 0.869. The molecular formula is C22H16BrN3O2S2. The molecule has 0 aliphatic rings. The number of amides is 2. The summed E-state index contributed by atoms with van der Waals surface area (Å²) in [5, 5.41) is 4.11. The predicted molar refractivity (Wildman–Crippen MR) is 125 cm³/mol. The van der Waals surface area contributed by atoms with Crippen LogP contribution in [0.4, 0.5) is 0 Å². The number of benzene rings is 2. The summed E-state index contributed by atoms with van der Waals surface area (Å²) in [4.78, 5) is 35.5. The Morgan fingerprint density at radius 3 is 2.53 bits per heavy atom. The van der Waals surface area contributed by atoms with Crippen molar-refractivity contribution in [2.45, 2.75) is 11.9 Å². The van der Waals surface area contributed by atoms with E-state index in [1.807, 2.05) is 18.2 Å². The Morgan fingerprint density at radius 2 is 1.80 bits per heavy atom. The minimum Gasteiger partial charge on any atom is -0.292 e. The molecule has 0 bridgehead atoms. The zero-order valence-electron chi connectivity index (χ0n) is 15.9. The highest BCUT2D eigenvalue weighted by Gasteiger charge is 2.18. The van der Waals surface area contributed by atoms with Crippen molar-refractivity contribution in [3.05, 3.63) is 75.8 Å². The molecule has 0 fully saturated rings. The van der Waals surface area contributed by atoms with Gasteiger partial charge in [0.25, 0.3) is 5.91 Å². The van der Waals surface area contributed by atoms with Crippen molar-refractivity contribution < 1.29 is 9.59 Å². The molecule has 8 heteroatoms. The van der Waals surface area contributed by atoms with Crippen molar-refractivity contribution in [3.63, 3.8) is 0 Å². The third-order valence-corrected chi connectivity index (χ3v) is 6.92. The van der Waals surface area contributed by atoms with E-state index in [2.05, 4.69) is 50.3 Å². The van der Waals surface area contributed by atoms with Crippen LogP contribution in [0.1, 0.15) is 15.2 Å². The molecule has 2 heterocycles. The highest BCUT2D eigenvalue weighted by molar-refractivity contribution is 9.10. The number of aromatic nitrogens is 2. The standard InChI is InChI=1S/C22H16BrN3O2S2/c1-13-18(14-5-3-2-4-6-14)19-21(24-12-25-22(19)30-13)29-11-17(27)26-20(28)15-7-9-16(23)10-8-15/h2-10,12H,11H2,1H3,(H,26,27,28). The summed E-state index contributed by atoms with van der Waals surface area (Å²) in [6.07, 6.45) is 1.51. The number of hydrogen-bond acceptors (Lipinski definition) is 6. The average Bonchev–Trinajstić information content (AvgIpc) is 3.09. The van der Waals surface area contributed by atoms with E-state index in [1.165, 1.54) is 18.1 Å². The van der Waals surface area contributed by atoms with Crippen LogP contribution >= 0.6 is 39.0 Å². The quantitative estimate of drug-likeness (QED) is 0.292. The monoisotopic (exact) mass is 497 g/mol. The minimum atomic E-state index is -0.419. The molecule has 2 aromatic carbocycles. The van der Waals surface area contributed by atoms with E-state index in [0.717, 1.165) is 35.7 Å². The number of rotatable bonds is 5. The average molecular weight is 498 g/mol. The van der Waals surface area contributed by atoms with Crippen molar-refractivity contribution in [1.82, 2.24) is 15.3 Å². The number of aryl methyl sites for hydroxylation is 1.